The van der Waals surface area contributed by atoms with Crippen molar-refractivity contribution in [1.29, 1.82) is 0 Å². The Kier molecular flexibility index (Phi) is 4.18. The first-order valence-corrected chi connectivity index (χ1v) is 7.86. The summed E-state index contributed by atoms with van der Waals surface area (Å²) in [5, 5.41) is 13.5. The summed E-state index contributed by atoms with van der Waals surface area (Å²) in [5.41, 5.74) is -0.293. The maximum absolute atomic E-state index is 12.2. The first kappa shape index (κ1) is 15.8. The molecule has 116 valence electrons. The van der Waals surface area contributed by atoms with Crippen LogP contribution in [0.4, 0.5) is 0 Å². The number of hydrogen-bond acceptors (Lipinski definition) is 3. The topological polar surface area (TPSA) is 52.6 Å². The fourth-order valence-corrected chi connectivity index (χ4v) is 3.19. The lowest BCUT2D eigenvalue weighted by Gasteiger charge is -2.51. The summed E-state index contributed by atoms with van der Waals surface area (Å²) in [4.78, 5) is 14.2. The molecule has 4 nitrogen and oxygen atoms in total. The summed E-state index contributed by atoms with van der Waals surface area (Å²) < 4.78 is 0. The summed E-state index contributed by atoms with van der Waals surface area (Å²) in [6.45, 7) is 11.9. The molecular weight excluding hydrogens is 252 g/mol. The van der Waals surface area contributed by atoms with Crippen LogP contribution in [0.25, 0.3) is 0 Å². The summed E-state index contributed by atoms with van der Waals surface area (Å²) in [7, 11) is 0. The average molecular weight is 282 g/mol. The van der Waals surface area contributed by atoms with E-state index in [2.05, 4.69) is 19.2 Å². The van der Waals surface area contributed by atoms with Gasteiger partial charge in [-0.3, -0.25) is 4.79 Å². The zero-order valence-electron chi connectivity index (χ0n) is 13.6. The molecule has 20 heavy (non-hydrogen) atoms. The lowest BCUT2D eigenvalue weighted by molar-refractivity contribution is -0.140. The second-order valence-electron chi connectivity index (χ2n) is 8.11. The van der Waals surface area contributed by atoms with Gasteiger partial charge in [-0.1, -0.05) is 34.6 Å². The standard InChI is InChI=1S/C16H30N2O2/c1-15(2,3)14(20)18-8-6-11(7-9-18)17-12-10-13(19)16(12,4)5/h11-13,17,19H,6-10H2,1-5H3. The number of nitrogens with one attached hydrogen (secondary N) is 1. The van der Waals surface area contributed by atoms with Crippen molar-refractivity contribution in [3.63, 3.8) is 0 Å². The zero-order chi connectivity index (χ0) is 15.1. The maximum atomic E-state index is 12.2. The molecule has 1 aliphatic carbocycles. The highest BCUT2D eigenvalue weighted by molar-refractivity contribution is 5.81. The molecule has 2 unspecified atom stereocenters. The normalized spacial score (nSPS) is 31.0. The molecule has 2 N–H and O–H groups in total. The Balaban J connectivity index is 1.80. The Labute approximate surface area is 122 Å². The summed E-state index contributed by atoms with van der Waals surface area (Å²) in [6, 6.07) is 0.892. The average Bonchev–Trinajstić information content (AvgIpc) is 2.37. The van der Waals surface area contributed by atoms with Crippen molar-refractivity contribution in [2.24, 2.45) is 10.8 Å². The second-order valence-corrected chi connectivity index (χ2v) is 8.11. The molecule has 0 aromatic carbocycles. The molecule has 1 amide bonds. The fraction of sp³-hybridized carbons (Fsp3) is 0.938. The van der Waals surface area contributed by atoms with Gasteiger partial charge in [0.25, 0.3) is 0 Å². The number of aliphatic hydroxyl groups is 1. The highest BCUT2D eigenvalue weighted by atomic mass is 16.3. The van der Waals surface area contributed by atoms with E-state index < -0.39 is 0 Å². The van der Waals surface area contributed by atoms with Crippen molar-refractivity contribution in [2.45, 2.75) is 72.1 Å². The molecule has 0 bridgehead atoms. The Morgan fingerprint density at radius 1 is 1.25 bits per heavy atom. The van der Waals surface area contributed by atoms with Gasteiger partial charge in [0, 0.05) is 36.0 Å². The third kappa shape index (κ3) is 3.01. The predicted molar refractivity (Wildman–Crippen MR) is 80.4 cm³/mol. The smallest absolute Gasteiger partial charge is 0.227 e. The Morgan fingerprint density at radius 2 is 1.80 bits per heavy atom. The van der Waals surface area contributed by atoms with Gasteiger partial charge in [0.2, 0.25) is 5.91 Å². The van der Waals surface area contributed by atoms with Crippen LogP contribution in [0.1, 0.15) is 53.9 Å². The number of aliphatic hydroxyl groups excluding tert-OH is 1. The molecule has 0 aromatic rings. The Hall–Kier alpha value is -0.610. The molecule has 2 rings (SSSR count). The second kappa shape index (κ2) is 5.30. The zero-order valence-corrected chi connectivity index (χ0v) is 13.6. The van der Waals surface area contributed by atoms with Gasteiger partial charge in [0.15, 0.2) is 0 Å². The van der Waals surface area contributed by atoms with Gasteiger partial charge < -0.3 is 15.3 Å². The van der Waals surface area contributed by atoms with Gasteiger partial charge in [-0.15, -0.1) is 0 Å². The first-order valence-electron chi connectivity index (χ1n) is 7.86. The van der Waals surface area contributed by atoms with Gasteiger partial charge >= 0.3 is 0 Å². The van der Waals surface area contributed by atoms with Gasteiger partial charge in [0.05, 0.1) is 6.10 Å². The number of nitrogens with zero attached hydrogens (tertiary/aromatic N) is 1. The molecule has 4 heteroatoms. The van der Waals surface area contributed by atoms with Crippen LogP contribution in [0, 0.1) is 10.8 Å². The summed E-state index contributed by atoms with van der Waals surface area (Å²) in [5.74, 6) is 0.260. The quantitative estimate of drug-likeness (QED) is 0.811. The summed E-state index contributed by atoms with van der Waals surface area (Å²) >= 11 is 0. The van der Waals surface area contributed by atoms with Crippen molar-refractivity contribution in [2.75, 3.05) is 13.1 Å². The van der Waals surface area contributed by atoms with Crippen LogP contribution in [0.3, 0.4) is 0 Å². The molecule has 0 aromatic heterocycles. The van der Waals surface area contributed by atoms with E-state index in [0.717, 1.165) is 32.4 Å². The van der Waals surface area contributed by atoms with Crippen molar-refractivity contribution in [1.82, 2.24) is 10.2 Å². The molecule has 0 spiro atoms. The number of hydrogen-bond donors (Lipinski definition) is 2. The van der Waals surface area contributed by atoms with Crippen LogP contribution in [-0.4, -0.2) is 47.2 Å². The van der Waals surface area contributed by atoms with E-state index in [0.29, 0.717) is 12.1 Å². The molecule has 1 saturated heterocycles. The number of amides is 1. The van der Waals surface area contributed by atoms with Gasteiger partial charge in [-0.25, -0.2) is 0 Å². The minimum Gasteiger partial charge on any atom is -0.392 e. The number of likely N-dealkylation sites (tertiary alicyclic amines) is 1. The highest BCUT2D eigenvalue weighted by Crippen LogP contribution is 2.41. The van der Waals surface area contributed by atoms with Crippen LogP contribution in [0.2, 0.25) is 0 Å². The third-order valence-corrected chi connectivity index (χ3v) is 5.08. The van der Waals surface area contributed by atoms with E-state index in [1.54, 1.807) is 0 Å². The van der Waals surface area contributed by atoms with Gasteiger partial charge in [0.1, 0.15) is 0 Å². The van der Waals surface area contributed by atoms with Crippen molar-refractivity contribution >= 4 is 5.91 Å². The number of carbonyl (C=O) groups excluding carboxylic acids is 1. The van der Waals surface area contributed by atoms with E-state index in [1.807, 2.05) is 25.7 Å². The van der Waals surface area contributed by atoms with Gasteiger partial charge in [-0.2, -0.15) is 0 Å². The highest BCUT2D eigenvalue weighted by Gasteiger charge is 2.47. The number of rotatable bonds is 2. The van der Waals surface area contributed by atoms with Crippen LogP contribution in [0.15, 0.2) is 0 Å². The van der Waals surface area contributed by atoms with E-state index in [4.69, 9.17) is 0 Å². The number of piperidine rings is 1. The molecule has 2 atom stereocenters. The SMILES string of the molecule is CC(C)(C)C(=O)N1CCC(NC2CC(O)C2(C)C)CC1. The first-order chi connectivity index (χ1) is 9.12. The van der Waals surface area contributed by atoms with Crippen LogP contribution in [-0.2, 0) is 4.79 Å². The largest absolute Gasteiger partial charge is 0.392 e. The van der Waals surface area contributed by atoms with Crippen molar-refractivity contribution in [3.8, 4) is 0 Å². The fourth-order valence-electron chi connectivity index (χ4n) is 3.19. The Bertz CT molecular complexity index is 365. The van der Waals surface area contributed by atoms with E-state index in [-0.39, 0.29) is 22.8 Å². The molecule has 1 saturated carbocycles. The lowest BCUT2D eigenvalue weighted by atomic mass is 9.64. The third-order valence-electron chi connectivity index (χ3n) is 5.08. The molecule has 1 heterocycles. The molecule has 0 radical (unpaired) electrons. The lowest BCUT2D eigenvalue weighted by Crippen LogP contribution is -2.63. The monoisotopic (exact) mass is 282 g/mol. The van der Waals surface area contributed by atoms with Crippen LogP contribution < -0.4 is 5.32 Å². The molecule has 2 fully saturated rings. The van der Waals surface area contributed by atoms with E-state index >= 15 is 0 Å². The minimum absolute atomic E-state index is 0.0155. The summed E-state index contributed by atoms with van der Waals surface area (Å²) in [6.07, 6.45) is 2.71. The maximum Gasteiger partial charge on any atom is 0.227 e. The molecular formula is C16H30N2O2. The van der Waals surface area contributed by atoms with Crippen LogP contribution >= 0.6 is 0 Å². The van der Waals surface area contributed by atoms with Crippen molar-refractivity contribution in [3.05, 3.63) is 0 Å². The Morgan fingerprint density at radius 3 is 2.20 bits per heavy atom. The van der Waals surface area contributed by atoms with E-state index in [1.165, 1.54) is 0 Å². The van der Waals surface area contributed by atoms with Gasteiger partial charge in [-0.05, 0) is 19.3 Å². The van der Waals surface area contributed by atoms with Crippen molar-refractivity contribution < 1.29 is 9.90 Å². The molecule has 1 aliphatic heterocycles. The van der Waals surface area contributed by atoms with E-state index in [9.17, 15) is 9.90 Å². The minimum atomic E-state index is -0.277. The molecule has 2 aliphatic rings. The van der Waals surface area contributed by atoms with Crippen LogP contribution in [0.5, 0.6) is 0 Å². The predicted octanol–water partition coefficient (Wildman–Crippen LogP) is 1.77. The number of carbonyl (C=O) groups is 1.